The van der Waals surface area contributed by atoms with Gasteiger partial charge in [0.25, 0.3) is 5.91 Å². The van der Waals surface area contributed by atoms with Crippen molar-refractivity contribution < 1.29 is 14.3 Å². The minimum absolute atomic E-state index is 0.140. The maximum absolute atomic E-state index is 12.8. The normalized spacial score (nSPS) is 10.4. The first-order valence-electron chi connectivity index (χ1n) is 8.20. The lowest BCUT2D eigenvalue weighted by Gasteiger charge is -2.18. The molecule has 0 radical (unpaired) electrons. The first-order chi connectivity index (χ1) is 12.6. The Morgan fingerprint density at radius 3 is 2.54 bits per heavy atom. The van der Waals surface area contributed by atoms with E-state index in [1.165, 1.54) is 7.11 Å². The maximum Gasteiger partial charge on any atom is 0.257 e. The van der Waals surface area contributed by atoms with Crippen LogP contribution in [0.3, 0.4) is 0 Å². The maximum atomic E-state index is 12.8. The zero-order valence-corrected chi connectivity index (χ0v) is 15.0. The van der Waals surface area contributed by atoms with E-state index in [1.54, 1.807) is 41.9 Å². The van der Waals surface area contributed by atoms with Gasteiger partial charge in [0.15, 0.2) is 0 Å². The molecule has 0 unspecified atom stereocenters. The molecule has 6 nitrogen and oxygen atoms in total. The Balaban J connectivity index is 1.75. The van der Waals surface area contributed by atoms with Gasteiger partial charge in [-0.25, -0.2) is 4.68 Å². The number of methoxy groups -OCH3 is 2. The third-order valence-corrected chi connectivity index (χ3v) is 4.05. The van der Waals surface area contributed by atoms with E-state index in [0.717, 1.165) is 11.4 Å². The van der Waals surface area contributed by atoms with Crippen molar-refractivity contribution in [1.29, 1.82) is 0 Å². The van der Waals surface area contributed by atoms with Crippen molar-refractivity contribution >= 4 is 5.91 Å². The van der Waals surface area contributed by atoms with Gasteiger partial charge >= 0.3 is 0 Å². The summed E-state index contributed by atoms with van der Waals surface area (Å²) in [6.45, 7) is 0.397. The highest BCUT2D eigenvalue weighted by Crippen LogP contribution is 2.25. The zero-order valence-electron chi connectivity index (χ0n) is 15.0. The molecule has 0 saturated carbocycles. The van der Waals surface area contributed by atoms with E-state index in [1.807, 2.05) is 42.6 Å². The number of amides is 1. The summed E-state index contributed by atoms with van der Waals surface area (Å²) in [5.41, 5.74) is 2.26. The molecule has 0 aliphatic carbocycles. The van der Waals surface area contributed by atoms with Crippen LogP contribution in [-0.2, 0) is 6.54 Å². The predicted octanol–water partition coefficient (Wildman–Crippen LogP) is 3.16. The minimum Gasteiger partial charge on any atom is -0.497 e. The molecule has 0 N–H and O–H groups in total. The highest BCUT2D eigenvalue weighted by Gasteiger charge is 2.18. The van der Waals surface area contributed by atoms with Crippen molar-refractivity contribution in [2.45, 2.75) is 6.54 Å². The lowest BCUT2D eigenvalue weighted by atomic mass is 10.1. The summed E-state index contributed by atoms with van der Waals surface area (Å²) in [6.07, 6.45) is 1.89. The van der Waals surface area contributed by atoms with E-state index in [0.29, 0.717) is 23.6 Å². The smallest absolute Gasteiger partial charge is 0.257 e. The van der Waals surface area contributed by atoms with Gasteiger partial charge in [-0.2, -0.15) is 5.10 Å². The van der Waals surface area contributed by atoms with Gasteiger partial charge in [0.1, 0.15) is 11.5 Å². The fourth-order valence-electron chi connectivity index (χ4n) is 2.67. The van der Waals surface area contributed by atoms with Crippen molar-refractivity contribution in [3.8, 4) is 17.2 Å². The summed E-state index contributed by atoms with van der Waals surface area (Å²) in [5, 5.41) is 4.54. The molecule has 2 aromatic carbocycles. The largest absolute Gasteiger partial charge is 0.497 e. The number of benzene rings is 2. The summed E-state index contributed by atoms with van der Waals surface area (Å²) in [5.74, 6) is 0.984. The molecule has 0 aliphatic rings. The van der Waals surface area contributed by atoms with E-state index < -0.39 is 0 Å². The Labute approximate surface area is 152 Å². The van der Waals surface area contributed by atoms with Crippen LogP contribution in [0, 0.1) is 0 Å². The van der Waals surface area contributed by atoms with Crippen molar-refractivity contribution in [2.24, 2.45) is 0 Å². The van der Waals surface area contributed by atoms with Crippen LogP contribution >= 0.6 is 0 Å². The van der Waals surface area contributed by atoms with E-state index in [-0.39, 0.29) is 5.91 Å². The molecule has 0 aliphatic heterocycles. The summed E-state index contributed by atoms with van der Waals surface area (Å²) >= 11 is 0. The summed E-state index contributed by atoms with van der Waals surface area (Å²) < 4.78 is 12.3. The molecular weight excluding hydrogens is 330 g/mol. The topological polar surface area (TPSA) is 56.6 Å². The number of rotatable bonds is 6. The number of nitrogens with zero attached hydrogens (tertiary/aromatic N) is 3. The molecule has 26 heavy (non-hydrogen) atoms. The second-order valence-electron chi connectivity index (χ2n) is 5.81. The number of aromatic nitrogens is 2. The number of para-hydroxylation sites is 1. The molecule has 0 atom stereocenters. The van der Waals surface area contributed by atoms with Crippen molar-refractivity contribution in [2.75, 3.05) is 21.3 Å². The predicted molar refractivity (Wildman–Crippen MR) is 98.9 cm³/mol. The van der Waals surface area contributed by atoms with Crippen LogP contribution in [0.1, 0.15) is 16.1 Å². The third kappa shape index (κ3) is 3.69. The van der Waals surface area contributed by atoms with Crippen LogP contribution in [0.15, 0.2) is 60.8 Å². The van der Waals surface area contributed by atoms with Gasteiger partial charge in [-0.05, 0) is 30.3 Å². The van der Waals surface area contributed by atoms with Crippen LogP contribution in [0.2, 0.25) is 0 Å². The first kappa shape index (κ1) is 17.5. The Hall–Kier alpha value is -3.28. The van der Waals surface area contributed by atoms with E-state index in [2.05, 4.69) is 5.10 Å². The van der Waals surface area contributed by atoms with Crippen LogP contribution in [0.25, 0.3) is 5.69 Å². The fourth-order valence-corrected chi connectivity index (χ4v) is 2.67. The van der Waals surface area contributed by atoms with Gasteiger partial charge in [-0.15, -0.1) is 0 Å². The summed E-state index contributed by atoms with van der Waals surface area (Å²) in [4.78, 5) is 14.4. The SMILES string of the molecule is COc1ccc(C(=O)N(C)Cc2ccn(-c3ccccc3)n2)c(OC)c1. The number of hydrogen-bond donors (Lipinski definition) is 0. The molecule has 0 fully saturated rings. The third-order valence-electron chi connectivity index (χ3n) is 4.05. The quantitative estimate of drug-likeness (QED) is 0.684. The monoisotopic (exact) mass is 351 g/mol. The van der Waals surface area contributed by atoms with E-state index >= 15 is 0 Å². The van der Waals surface area contributed by atoms with Gasteiger partial charge in [0, 0.05) is 19.3 Å². The van der Waals surface area contributed by atoms with Crippen LogP contribution in [0.4, 0.5) is 0 Å². The molecular formula is C20H21N3O3. The van der Waals surface area contributed by atoms with Gasteiger partial charge < -0.3 is 14.4 Å². The molecule has 0 spiro atoms. The Bertz CT molecular complexity index is 890. The zero-order chi connectivity index (χ0) is 18.5. The highest BCUT2D eigenvalue weighted by atomic mass is 16.5. The molecule has 1 amide bonds. The molecule has 1 heterocycles. The van der Waals surface area contributed by atoms with Gasteiger partial charge in [0.05, 0.1) is 37.7 Å². The van der Waals surface area contributed by atoms with Crippen molar-refractivity contribution in [3.05, 3.63) is 72.1 Å². The second-order valence-corrected chi connectivity index (χ2v) is 5.81. The number of hydrogen-bond acceptors (Lipinski definition) is 4. The minimum atomic E-state index is -0.140. The van der Waals surface area contributed by atoms with E-state index in [9.17, 15) is 4.79 Å². The lowest BCUT2D eigenvalue weighted by molar-refractivity contribution is 0.0780. The Morgan fingerprint density at radius 1 is 1.08 bits per heavy atom. The molecule has 0 bridgehead atoms. The number of carbonyl (C=O) groups excluding carboxylic acids is 1. The van der Waals surface area contributed by atoms with Crippen molar-refractivity contribution in [3.63, 3.8) is 0 Å². The Kier molecular flexibility index (Phi) is 5.22. The van der Waals surface area contributed by atoms with Crippen LogP contribution in [0.5, 0.6) is 11.5 Å². The molecule has 134 valence electrons. The van der Waals surface area contributed by atoms with Crippen molar-refractivity contribution in [1.82, 2.24) is 14.7 Å². The highest BCUT2D eigenvalue weighted by molar-refractivity contribution is 5.97. The van der Waals surface area contributed by atoms with Gasteiger partial charge in [-0.1, -0.05) is 18.2 Å². The number of carbonyl (C=O) groups is 1. The summed E-state index contributed by atoms with van der Waals surface area (Å²) in [6, 6.07) is 16.9. The fraction of sp³-hybridized carbons (Fsp3) is 0.200. The van der Waals surface area contributed by atoms with Gasteiger partial charge in [-0.3, -0.25) is 4.79 Å². The Morgan fingerprint density at radius 2 is 1.85 bits per heavy atom. The summed E-state index contributed by atoms with van der Waals surface area (Å²) in [7, 11) is 4.85. The van der Waals surface area contributed by atoms with Crippen LogP contribution < -0.4 is 9.47 Å². The van der Waals surface area contributed by atoms with Gasteiger partial charge in [0.2, 0.25) is 0 Å². The molecule has 3 aromatic rings. The second kappa shape index (κ2) is 7.74. The van der Waals surface area contributed by atoms with E-state index in [4.69, 9.17) is 9.47 Å². The molecule has 0 saturated heterocycles. The standard InChI is InChI=1S/C20H21N3O3/c1-22(20(24)18-10-9-17(25-2)13-19(18)26-3)14-15-11-12-23(21-15)16-7-5-4-6-8-16/h4-13H,14H2,1-3H3. The average Bonchev–Trinajstić information content (AvgIpc) is 3.16. The average molecular weight is 351 g/mol. The molecule has 3 rings (SSSR count). The van der Waals surface area contributed by atoms with Crippen LogP contribution in [-0.4, -0.2) is 41.9 Å². The number of ether oxygens (including phenoxy) is 2. The first-order valence-corrected chi connectivity index (χ1v) is 8.20. The lowest BCUT2D eigenvalue weighted by Crippen LogP contribution is -2.26. The molecule has 6 heteroatoms. The molecule has 1 aromatic heterocycles.